The van der Waals surface area contributed by atoms with Crippen molar-refractivity contribution >= 4 is 23.4 Å². The lowest BCUT2D eigenvalue weighted by molar-refractivity contribution is 0.0697. The van der Waals surface area contributed by atoms with E-state index in [0.717, 1.165) is 4.90 Å². The maximum atomic E-state index is 10.9. The molecule has 0 aliphatic rings. The monoisotopic (exact) mass is 246 g/mol. The molecule has 0 bridgehead atoms. The van der Waals surface area contributed by atoms with E-state index in [9.17, 15) is 4.79 Å². The quantitative estimate of drug-likeness (QED) is 0.870. The van der Waals surface area contributed by atoms with E-state index in [0.29, 0.717) is 5.03 Å². The fraction of sp³-hybridized carbons (Fsp3) is 0. The Balaban J connectivity index is 2.29. The van der Waals surface area contributed by atoms with E-state index in [4.69, 9.17) is 10.8 Å². The number of carboxylic acid groups (broad SMARTS) is 1. The van der Waals surface area contributed by atoms with Crippen LogP contribution in [-0.2, 0) is 0 Å². The maximum Gasteiger partial charge on any atom is 0.337 e. The third-order valence-corrected chi connectivity index (χ3v) is 3.05. The Morgan fingerprint density at radius 1 is 1.29 bits per heavy atom. The number of aromatic carboxylic acids is 1. The van der Waals surface area contributed by atoms with Gasteiger partial charge in [0.2, 0.25) is 0 Å². The Morgan fingerprint density at radius 2 is 2.00 bits per heavy atom. The van der Waals surface area contributed by atoms with E-state index < -0.39 is 5.97 Å². The largest absolute Gasteiger partial charge is 0.478 e. The number of nitrogens with zero attached hydrogens (tertiary/aromatic N) is 1. The van der Waals surface area contributed by atoms with Gasteiger partial charge in [-0.2, -0.15) is 0 Å². The zero-order chi connectivity index (χ0) is 12.3. The lowest BCUT2D eigenvalue weighted by Crippen LogP contribution is -2.03. The van der Waals surface area contributed by atoms with Crippen LogP contribution in [0.15, 0.2) is 52.5 Å². The lowest BCUT2D eigenvalue weighted by Gasteiger charge is -2.04. The molecular weight excluding hydrogens is 236 g/mol. The molecule has 0 fully saturated rings. The van der Waals surface area contributed by atoms with E-state index in [1.165, 1.54) is 24.0 Å². The summed E-state index contributed by atoms with van der Waals surface area (Å²) in [6, 6.07) is 11.1. The van der Waals surface area contributed by atoms with Gasteiger partial charge in [-0.3, -0.25) is 0 Å². The van der Waals surface area contributed by atoms with E-state index >= 15 is 0 Å². The first kappa shape index (κ1) is 11.5. The predicted molar refractivity (Wildman–Crippen MR) is 66.2 cm³/mol. The van der Waals surface area contributed by atoms with Gasteiger partial charge in [0.25, 0.3) is 0 Å². The predicted octanol–water partition coefficient (Wildman–Crippen LogP) is 2.51. The van der Waals surface area contributed by atoms with E-state index in [-0.39, 0.29) is 11.3 Å². The van der Waals surface area contributed by atoms with Gasteiger partial charge in [0.05, 0.1) is 17.4 Å². The second kappa shape index (κ2) is 4.88. The molecule has 0 aliphatic heterocycles. The molecule has 1 aromatic carbocycles. The Labute approximate surface area is 102 Å². The maximum absolute atomic E-state index is 10.9. The summed E-state index contributed by atoms with van der Waals surface area (Å²) >= 11 is 1.40. The van der Waals surface area contributed by atoms with Gasteiger partial charge in [-0.1, -0.05) is 30.0 Å². The number of pyridine rings is 1. The van der Waals surface area contributed by atoms with Gasteiger partial charge in [0.15, 0.2) is 0 Å². The van der Waals surface area contributed by atoms with Gasteiger partial charge < -0.3 is 10.8 Å². The number of hydrogen-bond acceptors (Lipinski definition) is 4. The number of anilines is 1. The van der Waals surface area contributed by atoms with Gasteiger partial charge in [-0.05, 0) is 18.2 Å². The van der Waals surface area contributed by atoms with Crippen LogP contribution < -0.4 is 5.73 Å². The second-order valence-corrected chi connectivity index (χ2v) is 4.42. The highest BCUT2D eigenvalue weighted by atomic mass is 32.2. The summed E-state index contributed by atoms with van der Waals surface area (Å²) in [4.78, 5) is 16.0. The van der Waals surface area contributed by atoms with Crippen molar-refractivity contribution in [2.45, 2.75) is 9.92 Å². The summed E-state index contributed by atoms with van der Waals surface area (Å²) in [5.41, 5.74) is 5.79. The SMILES string of the molecule is Nc1cnc(Sc2ccccc2)cc1C(=O)O. The van der Waals surface area contributed by atoms with Crippen LogP contribution in [0.1, 0.15) is 10.4 Å². The van der Waals surface area contributed by atoms with Crippen molar-refractivity contribution in [3.8, 4) is 0 Å². The fourth-order valence-electron chi connectivity index (χ4n) is 1.30. The molecule has 0 radical (unpaired) electrons. The molecule has 4 nitrogen and oxygen atoms in total. The molecular formula is C12H10N2O2S. The van der Waals surface area contributed by atoms with Gasteiger partial charge >= 0.3 is 5.97 Å². The molecule has 2 rings (SSSR count). The van der Waals surface area contributed by atoms with Crippen LogP contribution in [0.25, 0.3) is 0 Å². The van der Waals surface area contributed by atoms with Crippen LogP contribution >= 0.6 is 11.8 Å². The van der Waals surface area contributed by atoms with Gasteiger partial charge in [-0.15, -0.1) is 0 Å². The van der Waals surface area contributed by atoms with Gasteiger partial charge in [-0.25, -0.2) is 9.78 Å². The van der Waals surface area contributed by atoms with Crippen molar-refractivity contribution in [1.82, 2.24) is 4.98 Å². The molecule has 0 saturated heterocycles. The smallest absolute Gasteiger partial charge is 0.337 e. The molecule has 5 heteroatoms. The van der Waals surface area contributed by atoms with Crippen LogP contribution in [0.5, 0.6) is 0 Å². The Kier molecular flexibility index (Phi) is 3.30. The third-order valence-electron chi connectivity index (χ3n) is 2.11. The summed E-state index contributed by atoms with van der Waals surface area (Å²) in [6.45, 7) is 0. The molecule has 0 unspecified atom stereocenters. The van der Waals surface area contributed by atoms with Crippen molar-refractivity contribution < 1.29 is 9.90 Å². The first-order valence-corrected chi connectivity index (χ1v) is 5.70. The zero-order valence-electron chi connectivity index (χ0n) is 8.83. The van der Waals surface area contributed by atoms with Crippen LogP contribution in [0.3, 0.4) is 0 Å². The normalized spacial score (nSPS) is 10.1. The van der Waals surface area contributed by atoms with Crippen LogP contribution in [0, 0.1) is 0 Å². The zero-order valence-corrected chi connectivity index (χ0v) is 9.65. The summed E-state index contributed by atoms with van der Waals surface area (Å²) in [5, 5.41) is 9.55. The molecule has 1 aromatic heterocycles. The minimum absolute atomic E-state index is 0.0819. The number of nitrogen functional groups attached to an aromatic ring is 1. The van der Waals surface area contributed by atoms with Crippen LogP contribution in [-0.4, -0.2) is 16.1 Å². The summed E-state index contributed by atoms with van der Waals surface area (Å²) < 4.78 is 0. The topological polar surface area (TPSA) is 76.2 Å². The molecule has 1 heterocycles. The van der Waals surface area contributed by atoms with E-state index in [1.54, 1.807) is 0 Å². The molecule has 0 spiro atoms. The first-order valence-electron chi connectivity index (χ1n) is 4.88. The number of carbonyl (C=O) groups is 1. The molecule has 3 N–H and O–H groups in total. The highest BCUT2D eigenvalue weighted by molar-refractivity contribution is 7.99. The van der Waals surface area contributed by atoms with Crippen molar-refractivity contribution in [3.63, 3.8) is 0 Å². The van der Waals surface area contributed by atoms with E-state index in [2.05, 4.69) is 4.98 Å². The summed E-state index contributed by atoms with van der Waals surface area (Å²) in [6.07, 6.45) is 1.37. The van der Waals surface area contributed by atoms with E-state index in [1.807, 2.05) is 30.3 Å². The van der Waals surface area contributed by atoms with Crippen LogP contribution in [0.2, 0.25) is 0 Å². The third kappa shape index (κ3) is 2.76. The number of rotatable bonds is 3. The van der Waals surface area contributed by atoms with Crippen LogP contribution in [0.4, 0.5) is 5.69 Å². The van der Waals surface area contributed by atoms with Crippen molar-refractivity contribution in [1.29, 1.82) is 0 Å². The van der Waals surface area contributed by atoms with Gasteiger partial charge in [0, 0.05) is 4.90 Å². The minimum atomic E-state index is -1.04. The highest BCUT2D eigenvalue weighted by Crippen LogP contribution is 2.27. The average molecular weight is 246 g/mol. The molecule has 2 aromatic rings. The summed E-state index contributed by atoms with van der Waals surface area (Å²) in [5.74, 6) is -1.04. The average Bonchev–Trinajstić information content (AvgIpc) is 2.32. The summed E-state index contributed by atoms with van der Waals surface area (Å²) in [7, 11) is 0. The standard InChI is InChI=1S/C12H10N2O2S/c13-10-7-14-11(6-9(10)12(15)16)17-8-4-2-1-3-5-8/h1-7H,13H2,(H,15,16). The molecule has 17 heavy (non-hydrogen) atoms. The number of benzene rings is 1. The Morgan fingerprint density at radius 3 is 2.65 bits per heavy atom. The second-order valence-electron chi connectivity index (χ2n) is 3.33. The molecule has 86 valence electrons. The molecule has 0 saturated carbocycles. The van der Waals surface area contributed by atoms with Crippen molar-refractivity contribution in [2.75, 3.05) is 5.73 Å². The number of carboxylic acids is 1. The number of nitrogens with two attached hydrogens (primary N) is 1. The first-order chi connectivity index (χ1) is 8.16. The molecule has 0 atom stereocenters. The molecule has 0 aliphatic carbocycles. The minimum Gasteiger partial charge on any atom is -0.478 e. The fourth-order valence-corrected chi connectivity index (χ4v) is 2.11. The van der Waals surface area contributed by atoms with Crippen molar-refractivity contribution in [2.24, 2.45) is 0 Å². The van der Waals surface area contributed by atoms with Crippen molar-refractivity contribution in [3.05, 3.63) is 48.2 Å². The number of aromatic nitrogens is 1. The highest BCUT2D eigenvalue weighted by Gasteiger charge is 2.10. The number of hydrogen-bond donors (Lipinski definition) is 2. The lowest BCUT2D eigenvalue weighted by atomic mass is 10.2. The Hall–Kier alpha value is -2.01. The van der Waals surface area contributed by atoms with Gasteiger partial charge in [0.1, 0.15) is 5.03 Å². The Bertz CT molecular complexity index is 543. The molecule has 0 amide bonds.